The largest absolute Gasteiger partial charge is 0.493 e. The van der Waals surface area contributed by atoms with Crippen LogP contribution >= 0.6 is 0 Å². The number of hydrogen-bond donors (Lipinski definition) is 3. The number of nitrogens with one attached hydrogen (secondary N) is 2. The van der Waals surface area contributed by atoms with Gasteiger partial charge in [-0.05, 0) is 57.2 Å². The maximum Gasteiger partial charge on any atom is 0.254 e. The van der Waals surface area contributed by atoms with Gasteiger partial charge in [0.2, 0.25) is 0 Å². The van der Waals surface area contributed by atoms with Crippen LogP contribution in [0.4, 0.5) is 0 Å². The van der Waals surface area contributed by atoms with E-state index in [-0.39, 0.29) is 24.1 Å². The Morgan fingerprint density at radius 1 is 1.34 bits per heavy atom. The van der Waals surface area contributed by atoms with Gasteiger partial charge in [0.15, 0.2) is 0 Å². The Morgan fingerprint density at radius 3 is 2.74 bits per heavy atom. The van der Waals surface area contributed by atoms with Crippen LogP contribution in [0.1, 0.15) is 50.8 Å². The quantitative estimate of drug-likeness (QED) is 0.219. The van der Waals surface area contributed by atoms with E-state index >= 15 is 0 Å². The van der Waals surface area contributed by atoms with Crippen LogP contribution in [0.15, 0.2) is 27.9 Å². The van der Waals surface area contributed by atoms with Crippen molar-refractivity contribution in [2.45, 2.75) is 57.5 Å². The lowest BCUT2D eigenvalue weighted by Crippen LogP contribution is -2.54. The first kappa shape index (κ1) is 27.1. The number of nitrogens with zero attached hydrogens (tertiary/aromatic N) is 2. The molecule has 9 nitrogen and oxygen atoms in total. The van der Waals surface area contributed by atoms with Crippen molar-refractivity contribution >= 4 is 21.3 Å². The molecule has 1 aliphatic rings. The molecule has 10 heteroatoms. The van der Waals surface area contributed by atoms with Gasteiger partial charge in [0.1, 0.15) is 11.6 Å². The van der Waals surface area contributed by atoms with Gasteiger partial charge < -0.3 is 25.0 Å². The van der Waals surface area contributed by atoms with Crippen LogP contribution in [0.5, 0.6) is 5.75 Å². The summed E-state index contributed by atoms with van der Waals surface area (Å²) < 4.78 is 27.0. The minimum atomic E-state index is -2.79. The van der Waals surface area contributed by atoms with E-state index in [9.17, 15) is 9.00 Å². The zero-order chi connectivity index (χ0) is 25.6. The molecule has 0 bridgehead atoms. The van der Waals surface area contributed by atoms with Gasteiger partial charge in [-0.1, -0.05) is 13.3 Å². The highest BCUT2D eigenvalue weighted by molar-refractivity contribution is 7.98. The SMILES string of the molecule is C=S(=O)(c1ccc(OCC)c(-c2nc(C(=N)CCC)c(C)c(=O)[nH]2)c1)N1CC(OCCCCO)C1. The van der Waals surface area contributed by atoms with Gasteiger partial charge in [-0.3, -0.25) is 4.79 Å². The number of H-pyrrole nitrogens is 1. The summed E-state index contributed by atoms with van der Waals surface area (Å²) in [4.78, 5) is 20.6. The van der Waals surface area contributed by atoms with Gasteiger partial charge in [0, 0.05) is 36.8 Å². The summed E-state index contributed by atoms with van der Waals surface area (Å²) in [6.07, 6.45) is 2.76. The fraction of sp³-hybridized carbons (Fsp3) is 0.520. The van der Waals surface area contributed by atoms with E-state index in [1.165, 1.54) is 0 Å². The van der Waals surface area contributed by atoms with Crippen molar-refractivity contribution in [2.24, 2.45) is 0 Å². The second-order valence-corrected chi connectivity index (χ2v) is 10.9. The van der Waals surface area contributed by atoms with Crippen molar-refractivity contribution in [2.75, 3.05) is 32.9 Å². The summed E-state index contributed by atoms with van der Waals surface area (Å²) >= 11 is 0. The van der Waals surface area contributed by atoms with Crippen LogP contribution in [0.3, 0.4) is 0 Å². The highest BCUT2D eigenvalue weighted by atomic mass is 32.2. The number of aromatic amines is 1. The lowest BCUT2D eigenvalue weighted by atomic mass is 10.1. The maximum atomic E-state index is 13.7. The van der Waals surface area contributed by atoms with Crippen LogP contribution in [-0.4, -0.2) is 74.2 Å². The van der Waals surface area contributed by atoms with Crippen molar-refractivity contribution in [1.29, 1.82) is 5.41 Å². The average molecular weight is 505 g/mol. The summed E-state index contributed by atoms with van der Waals surface area (Å²) in [6.45, 7) is 7.61. The average Bonchev–Trinajstić information content (AvgIpc) is 2.79. The minimum Gasteiger partial charge on any atom is -0.493 e. The van der Waals surface area contributed by atoms with Gasteiger partial charge in [-0.25, -0.2) is 13.5 Å². The molecule has 0 spiro atoms. The fourth-order valence-corrected chi connectivity index (χ4v) is 5.55. The molecule has 35 heavy (non-hydrogen) atoms. The normalized spacial score (nSPS) is 16.0. The van der Waals surface area contributed by atoms with E-state index in [0.29, 0.717) is 72.3 Å². The number of aliphatic hydroxyl groups is 1. The molecular formula is C25H36N4O5S. The number of unbranched alkanes of at least 4 members (excludes halogenated alkanes) is 1. The topological polar surface area (TPSA) is 129 Å². The highest BCUT2D eigenvalue weighted by Crippen LogP contribution is 2.33. The van der Waals surface area contributed by atoms with Gasteiger partial charge in [0.25, 0.3) is 5.56 Å². The van der Waals surface area contributed by atoms with E-state index in [1.807, 2.05) is 13.8 Å². The maximum absolute atomic E-state index is 13.7. The lowest BCUT2D eigenvalue weighted by molar-refractivity contribution is -0.0203. The number of ether oxygens (including phenoxy) is 2. The Kier molecular flexibility index (Phi) is 9.23. The first-order valence-electron chi connectivity index (χ1n) is 12.0. The van der Waals surface area contributed by atoms with Crippen molar-refractivity contribution in [3.8, 4) is 17.1 Å². The third-order valence-electron chi connectivity index (χ3n) is 5.95. The second-order valence-electron chi connectivity index (χ2n) is 8.62. The molecule has 1 atom stereocenters. The van der Waals surface area contributed by atoms with Crippen LogP contribution in [0.25, 0.3) is 11.4 Å². The molecule has 2 heterocycles. The Bertz CT molecular complexity index is 1200. The predicted octanol–water partition coefficient (Wildman–Crippen LogP) is 2.78. The van der Waals surface area contributed by atoms with Crippen molar-refractivity contribution in [3.05, 3.63) is 39.8 Å². The van der Waals surface area contributed by atoms with E-state index < -0.39 is 9.71 Å². The summed E-state index contributed by atoms with van der Waals surface area (Å²) in [7, 11) is -2.79. The minimum absolute atomic E-state index is 0.0132. The summed E-state index contributed by atoms with van der Waals surface area (Å²) in [5.41, 5.74) is 1.24. The molecule has 0 saturated carbocycles. The van der Waals surface area contributed by atoms with Crippen LogP contribution in [0.2, 0.25) is 0 Å². The standard InChI is InChI=1S/C25H36N4O5S/c1-5-9-21(26)23-17(3)25(31)28-24(27-23)20-14-19(10-11-22(20)33-6-2)35(4,32)29-15-18(16-29)34-13-8-7-12-30/h10-11,14,18,26,30H,4-9,12-13,15-16H2,1-3H3,(H,27,28,31). The van der Waals surface area contributed by atoms with Crippen molar-refractivity contribution in [3.63, 3.8) is 0 Å². The predicted molar refractivity (Wildman–Crippen MR) is 139 cm³/mol. The molecule has 0 aliphatic carbocycles. The molecule has 1 unspecified atom stereocenters. The molecule has 1 aromatic carbocycles. The Balaban J connectivity index is 1.91. The molecule has 1 saturated heterocycles. The number of aromatic nitrogens is 2. The van der Waals surface area contributed by atoms with E-state index in [0.717, 1.165) is 12.8 Å². The number of hydrogen-bond acceptors (Lipinski definition) is 7. The number of aliphatic hydroxyl groups excluding tert-OH is 1. The van der Waals surface area contributed by atoms with E-state index in [4.69, 9.17) is 20.0 Å². The van der Waals surface area contributed by atoms with Gasteiger partial charge in [-0.15, -0.1) is 0 Å². The monoisotopic (exact) mass is 504 g/mol. The van der Waals surface area contributed by atoms with Gasteiger partial charge in [-0.2, -0.15) is 0 Å². The van der Waals surface area contributed by atoms with E-state index in [2.05, 4.69) is 15.8 Å². The Morgan fingerprint density at radius 2 is 2.09 bits per heavy atom. The summed E-state index contributed by atoms with van der Waals surface area (Å²) in [5, 5.41) is 17.2. The zero-order valence-corrected chi connectivity index (χ0v) is 21.6. The third-order valence-corrected chi connectivity index (χ3v) is 8.07. The highest BCUT2D eigenvalue weighted by Gasteiger charge is 2.34. The van der Waals surface area contributed by atoms with Crippen molar-refractivity contribution < 1.29 is 18.8 Å². The molecular weight excluding hydrogens is 468 g/mol. The second kappa shape index (κ2) is 11.9. The molecule has 0 amide bonds. The first-order chi connectivity index (χ1) is 16.7. The smallest absolute Gasteiger partial charge is 0.254 e. The third kappa shape index (κ3) is 6.19. The van der Waals surface area contributed by atoms with Crippen molar-refractivity contribution in [1.82, 2.24) is 14.3 Å². The Labute approximate surface area is 207 Å². The van der Waals surface area contributed by atoms with Crippen LogP contribution in [-0.2, 0) is 14.4 Å². The molecule has 1 aliphatic heterocycles. The molecule has 0 radical (unpaired) electrons. The summed E-state index contributed by atoms with van der Waals surface area (Å²) in [6, 6.07) is 5.15. The Hall–Kier alpha value is -2.53. The molecule has 3 N–H and O–H groups in total. The van der Waals surface area contributed by atoms with Crippen LogP contribution < -0.4 is 10.3 Å². The first-order valence-corrected chi connectivity index (χ1v) is 13.7. The molecule has 2 aromatic rings. The van der Waals surface area contributed by atoms with Gasteiger partial charge >= 0.3 is 0 Å². The molecule has 3 rings (SSSR count). The van der Waals surface area contributed by atoms with Crippen LogP contribution in [0, 0.1) is 12.3 Å². The summed E-state index contributed by atoms with van der Waals surface area (Å²) in [5.74, 6) is 4.79. The molecule has 1 aromatic heterocycles. The van der Waals surface area contributed by atoms with E-state index in [1.54, 1.807) is 29.4 Å². The molecule has 1 fully saturated rings. The zero-order valence-electron chi connectivity index (χ0n) is 20.8. The van der Waals surface area contributed by atoms with Gasteiger partial charge in [0.05, 0.1) is 39.4 Å². The molecule has 192 valence electrons. The fourth-order valence-electron chi connectivity index (χ4n) is 3.86. The lowest BCUT2D eigenvalue weighted by Gasteiger charge is -2.40. The number of benzene rings is 1. The number of rotatable bonds is 13.